The third-order valence-electron chi connectivity index (χ3n) is 6.25. The molecule has 34 heavy (non-hydrogen) atoms. The maximum atomic E-state index is 13.7. The Kier molecular flexibility index (Phi) is 4.63. The van der Waals surface area contributed by atoms with Crippen molar-refractivity contribution in [2.45, 2.75) is 0 Å². The van der Waals surface area contributed by atoms with E-state index in [2.05, 4.69) is 44.9 Å². The highest BCUT2D eigenvalue weighted by atomic mass is 31.2. The van der Waals surface area contributed by atoms with Crippen LogP contribution in [-0.2, 0) is 4.57 Å². The van der Waals surface area contributed by atoms with Crippen molar-refractivity contribution in [3.8, 4) is 16.9 Å². The van der Waals surface area contributed by atoms with Crippen molar-refractivity contribution in [2.24, 2.45) is 0 Å². The molecule has 6 rings (SSSR count). The molecule has 0 bridgehead atoms. The highest BCUT2D eigenvalue weighted by Crippen LogP contribution is 2.39. The molecule has 3 aromatic carbocycles. The van der Waals surface area contributed by atoms with Crippen molar-refractivity contribution >= 4 is 39.7 Å². The molecular formula is C29H22N3OP. The number of pyridine rings is 2. The first kappa shape index (κ1) is 19.5. The Morgan fingerprint density at radius 3 is 2.38 bits per heavy atom. The molecule has 4 nitrogen and oxygen atoms in total. The van der Waals surface area contributed by atoms with E-state index in [-0.39, 0.29) is 0 Å². The largest absolute Gasteiger partial charge is 0.312 e. The van der Waals surface area contributed by atoms with Crippen molar-refractivity contribution in [1.82, 2.24) is 14.5 Å². The summed E-state index contributed by atoms with van der Waals surface area (Å²) in [6, 6.07) is 31.9. The molecule has 5 heteroatoms. The molecular weight excluding hydrogens is 437 g/mol. The third kappa shape index (κ3) is 3.35. The van der Waals surface area contributed by atoms with Gasteiger partial charge in [0.25, 0.3) is 0 Å². The summed E-state index contributed by atoms with van der Waals surface area (Å²) in [5.74, 6) is 0.711. The van der Waals surface area contributed by atoms with Crippen LogP contribution in [0.5, 0.6) is 0 Å². The van der Waals surface area contributed by atoms with Crippen LogP contribution < -0.4 is 10.7 Å². The van der Waals surface area contributed by atoms with Gasteiger partial charge in [0.2, 0.25) is 0 Å². The summed E-state index contributed by atoms with van der Waals surface area (Å²) in [4.78, 5) is 8.92. The van der Waals surface area contributed by atoms with E-state index in [1.165, 1.54) is 0 Å². The van der Waals surface area contributed by atoms with E-state index in [0.717, 1.165) is 38.2 Å². The van der Waals surface area contributed by atoms with Gasteiger partial charge in [-0.1, -0.05) is 60.6 Å². The zero-order valence-electron chi connectivity index (χ0n) is 19.6. The molecule has 1 atom stereocenters. The summed E-state index contributed by atoms with van der Waals surface area (Å²) in [5, 5.41) is 3.03. The lowest BCUT2D eigenvalue weighted by atomic mass is 10.0. The Labute approximate surface area is 199 Å². The molecule has 0 amide bonds. The zero-order chi connectivity index (χ0) is 24.0. The highest BCUT2D eigenvalue weighted by molar-refractivity contribution is 7.77. The van der Waals surface area contributed by atoms with E-state index in [9.17, 15) is 4.57 Å². The van der Waals surface area contributed by atoms with Crippen LogP contribution in [0.1, 0.15) is 1.37 Å². The van der Waals surface area contributed by atoms with Gasteiger partial charge < -0.3 is 4.57 Å². The second-order valence-electron chi connectivity index (χ2n) is 8.36. The summed E-state index contributed by atoms with van der Waals surface area (Å²) in [6.07, 6.45) is 3.35. The third-order valence-corrected chi connectivity index (χ3v) is 8.65. The second kappa shape index (κ2) is 8.09. The number of para-hydroxylation sites is 1. The van der Waals surface area contributed by atoms with Crippen molar-refractivity contribution in [1.29, 1.82) is 0 Å². The van der Waals surface area contributed by atoms with Gasteiger partial charge in [0, 0.05) is 28.5 Å². The van der Waals surface area contributed by atoms with Gasteiger partial charge in [0.15, 0.2) is 7.14 Å². The van der Waals surface area contributed by atoms with Gasteiger partial charge in [-0.15, -0.1) is 0 Å². The maximum absolute atomic E-state index is 13.7. The number of nitrogens with zero attached hydrogens (tertiary/aromatic N) is 3. The van der Waals surface area contributed by atoms with Crippen LogP contribution in [0.25, 0.3) is 38.8 Å². The second-order valence-corrected chi connectivity index (χ2v) is 11.2. The van der Waals surface area contributed by atoms with E-state index in [0.29, 0.717) is 17.3 Å². The van der Waals surface area contributed by atoms with Crippen molar-refractivity contribution in [3.05, 3.63) is 115 Å². The van der Waals surface area contributed by atoms with Crippen LogP contribution in [0.4, 0.5) is 0 Å². The molecule has 0 aliphatic rings. The molecule has 6 aromatic rings. The first-order valence-corrected chi connectivity index (χ1v) is 13.2. The van der Waals surface area contributed by atoms with E-state index in [1.54, 1.807) is 31.2 Å². The average Bonchev–Trinajstić information content (AvgIpc) is 3.23. The van der Waals surface area contributed by atoms with Gasteiger partial charge in [0.1, 0.15) is 11.3 Å². The zero-order valence-corrected chi connectivity index (χ0v) is 19.5. The topological polar surface area (TPSA) is 47.8 Å². The summed E-state index contributed by atoms with van der Waals surface area (Å²) < 4.78 is 23.9. The van der Waals surface area contributed by atoms with Gasteiger partial charge in [0.05, 0.1) is 12.4 Å². The Bertz CT molecular complexity index is 1760. The van der Waals surface area contributed by atoms with Crippen molar-refractivity contribution in [3.63, 3.8) is 0 Å². The molecule has 1 unspecified atom stereocenters. The Morgan fingerprint density at radius 2 is 1.53 bits per heavy atom. The maximum Gasteiger partial charge on any atom is 0.157 e. The molecule has 0 saturated carbocycles. The molecule has 0 fully saturated rings. The predicted molar refractivity (Wildman–Crippen MR) is 141 cm³/mol. The monoisotopic (exact) mass is 460 g/mol. The van der Waals surface area contributed by atoms with Crippen LogP contribution in [0.3, 0.4) is 0 Å². The van der Waals surface area contributed by atoms with Crippen LogP contribution >= 0.6 is 7.14 Å². The highest BCUT2D eigenvalue weighted by Gasteiger charge is 2.23. The van der Waals surface area contributed by atoms with E-state index in [1.807, 2.05) is 54.6 Å². The predicted octanol–water partition coefficient (Wildman–Crippen LogP) is 6.18. The van der Waals surface area contributed by atoms with E-state index in [4.69, 9.17) is 1.37 Å². The molecule has 3 heterocycles. The number of rotatable bonds is 4. The van der Waals surface area contributed by atoms with Gasteiger partial charge in [-0.3, -0.25) is 9.55 Å². The SMILES string of the molecule is [2H]c1ccnc(-n2c3ccccc3c3ccc(-c4cccc(P(C)(=O)c5ccccn5)c4)cc32)c1. The molecule has 0 radical (unpaired) electrons. The fourth-order valence-corrected chi connectivity index (χ4v) is 6.20. The van der Waals surface area contributed by atoms with Gasteiger partial charge in [-0.25, -0.2) is 4.98 Å². The summed E-state index contributed by atoms with van der Waals surface area (Å²) in [6.45, 7) is 1.77. The average molecular weight is 460 g/mol. The normalized spacial score (nSPS) is 13.6. The quantitative estimate of drug-likeness (QED) is 0.295. The molecule has 0 aliphatic heterocycles. The van der Waals surface area contributed by atoms with Crippen LogP contribution in [0.2, 0.25) is 0 Å². The Hall–Kier alpha value is -4.01. The fraction of sp³-hybridized carbons (Fsp3) is 0.0345. The molecule has 3 aromatic heterocycles. The Morgan fingerprint density at radius 1 is 0.735 bits per heavy atom. The number of hydrogen-bond donors (Lipinski definition) is 0. The molecule has 0 spiro atoms. The smallest absolute Gasteiger partial charge is 0.157 e. The van der Waals surface area contributed by atoms with Crippen LogP contribution in [0.15, 0.2) is 115 Å². The molecule has 0 N–H and O–H groups in total. The Balaban J connectivity index is 1.55. The number of hydrogen-bond acceptors (Lipinski definition) is 3. The number of fused-ring (bicyclic) bond motifs is 3. The van der Waals surface area contributed by atoms with Gasteiger partial charge >= 0.3 is 0 Å². The first-order chi connectivity index (χ1) is 17.0. The lowest BCUT2D eigenvalue weighted by Crippen LogP contribution is -2.17. The number of aromatic nitrogens is 3. The standard InChI is InChI=1S/C29H22N3OP/c1-34(33,29-14-5-7-18-31-29)23-10-8-9-21(19-23)22-15-16-25-24-11-2-3-12-26(24)32(27(25)20-22)28-13-4-6-17-30-28/h2-20H,1H3/i4D. The summed E-state index contributed by atoms with van der Waals surface area (Å²) >= 11 is 0. The minimum absolute atomic E-state index is 0.415. The summed E-state index contributed by atoms with van der Waals surface area (Å²) in [5.41, 5.74) is 4.67. The van der Waals surface area contributed by atoms with Gasteiger partial charge in [-0.2, -0.15) is 0 Å². The van der Waals surface area contributed by atoms with Crippen LogP contribution in [0, 0.1) is 0 Å². The number of benzene rings is 3. The van der Waals surface area contributed by atoms with Gasteiger partial charge in [-0.05, 0) is 60.3 Å². The van der Waals surface area contributed by atoms with Crippen molar-refractivity contribution < 1.29 is 5.94 Å². The lowest BCUT2D eigenvalue weighted by molar-refractivity contribution is 0.590. The fourth-order valence-electron chi connectivity index (χ4n) is 4.53. The minimum atomic E-state index is -2.83. The van der Waals surface area contributed by atoms with E-state index >= 15 is 0 Å². The van der Waals surface area contributed by atoms with Crippen molar-refractivity contribution in [2.75, 3.05) is 6.66 Å². The summed E-state index contributed by atoms with van der Waals surface area (Å²) in [7, 11) is -2.83. The first-order valence-electron chi connectivity index (χ1n) is 11.6. The lowest BCUT2D eigenvalue weighted by Gasteiger charge is -2.14. The minimum Gasteiger partial charge on any atom is -0.312 e. The molecule has 0 saturated heterocycles. The molecule has 164 valence electrons. The molecule has 0 aliphatic carbocycles. The van der Waals surface area contributed by atoms with E-state index < -0.39 is 7.14 Å². The van der Waals surface area contributed by atoms with Crippen LogP contribution in [-0.4, -0.2) is 21.2 Å².